The molecule has 0 fully saturated rings. The fourth-order valence-electron chi connectivity index (χ4n) is 0.642. The van der Waals surface area contributed by atoms with E-state index in [0.29, 0.717) is 0 Å². The summed E-state index contributed by atoms with van der Waals surface area (Å²) in [6, 6.07) is 6.04. The van der Waals surface area contributed by atoms with Crippen LogP contribution in [-0.2, 0) is 0 Å². The van der Waals surface area contributed by atoms with Gasteiger partial charge in [0.1, 0.15) is 0 Å². The van der Waals surface area contributed by atoms with Crippen LogP contribution in [0.15, 0.2) is 23.1 Å². The van der Waals surface area contributed by atoms with E-state index in [9.17, 15) is 0 Å². The highest BCUT2D eigenvalue weighted by molar-refractivity contribution is 14.1. The average molecular weight is 285 g/mol. The zero-order valence-electron chi connectivity index (χ0n) is 5.40. The third-order valence-corrected chi connectivity index (χ3v) is 3.65. The van der Waals surface area contributed by atoms with Crippen LogP contribution in [0.1, 0.15) is 0 Å². The lowest BCUT2D eigenvalue weighted by atomic mass is 10.4. The van der Waals surface area contributed by atoms with Gasteiger partial charge in [0, 0.05) is 8.47 Å². The molecular weight excluding hydrogens is 279 g/mol. The highest BCUT2D eigenvalue weighted by Gasteiger charge is 2.00. The molecule has 1 rings (SSSR count). The first kappa shape index (κ1) is 8.68. The van der Waals surface area contributed by atoms with Gasteiger partial charge in [-0.25, -0.2) is 0 Å². The van der Waals surface area contributed by atoms with Crippen molar-refractivity contribution in [1.29, 1.82) is 0 Å². The molecule has 0 atom stereocenters. The highest BCUT2D eigenvalue weighted by Crippen LogP contribution is 2.28. The maximum absolute atomic E-state index is 5.97. The summed E-state index contributed by atoms with van der Waals surface area (Å²) in [7, 11) is 0. The van der Waals surface area contributed by atoms with Crippen molar-refractivity contribution in [3.05, 3.63) is 26.8 Å². The van der Waals surface area contributed by atoms with Crippen molar-refractivity contribution in [2.45, 2.75) is 4.90 Å². The number of thioether (sulfide) groups is 1. The molecule has 0 aromatic heterocycles. The van der Waals surface area contributed by atoms with Gasteiger partial charge in [-0.15, -0.1) is 11.8 Å². The van der Waals surface area contributed by atoms with Crippen LogP contribution >= 0.6 is 46.0 Å². The van der Waals surface area contributed by atoms with Gasteiger partial charge < -0.3 is 0 Å². The minimum atomic E-state index is 0.871. The molecule has 1 aromatic rings. The predicted octanol–water partition coefficient (Wildman–Crippen LogP) is 3.67. The summed E-state index contributed by atoms with van der Waals surface area (Å²) in [6.07, 6.45) is 2.03. The van der Waals surface area contributed by atoms with Gasteiger partial charge in [0.25, 0.3) is 0 Å². The standard InChI is InChI=1S/C7H6ClIS/c1-10-6-4-2-3-5(9)7(6)8/h2-4H,1H3. The van der Waals surface area contributed by atoms with Crippen LogP contribution in [0.25, 0.3) is 0 Å². The normalized spacial score (nSPS) is 9.90. The van der Waals surface area contributed by atoms with E-state index in [1.807, 2.05) is 24.5 Å². The van der Waals surface area contributed by atoms with Crippen molar-refractivity contribution in [2.24, 2.45) is 0 Å². The fraction of sp³-hybridized carbons (Fsp3) is 0.143. The van der Waals surface area contributed by atoms with Crippen LogP contribution in [0, 0.1) is 3.57 Å². The third kappa shape index (κ3) is 1.80. The van der Waals surface area contributed by atoms with E-state index in [4.69, 9.17) is 11.6 Å². The number of rotatable bonds is 1. The van der Waals surface area contributed by atoms with Crippen LogP contribution < -0.4 is 0 Å². The van der Waals surface area contributed by atoms with E-state index in [-0.39, 0.29) is 0 Å². The Balaban J connectivity index is 3.14. The highest BCUT2D eigenvalue weighted by atomic mass is 127. The minimum Gasteiger partial charge on any atom is -0.128 e. The summed E-state index contributed by atoms with van der Waals surface area (Å²) in [5, 5.41) is 0.871. The molecule has 0 bridgehead atoms. The van der Waals surface area contributed by atoms with E-state index < -0.39 is 0 Å². The monoisotopic (exact) mass is 284 g/mol. The van der Waals surface area contributed by atoms with Crippen LogP contribution in [0.3, 0.4) is 0 Å². The number of hydrogen-bond donors (Lipinski definition) is 0. The first-order valence-corrected chi connectivity index (χ1v) is 5.42. The molecule has 0 unspecified atom stereocenters. The maximum atomic E-state index is 5.97. The van der Waals surface area contributed by atoms with Gasteiger partial charge in [-0.05, 0) is 41.0 Å². The van der Waals surface area contributed by atoms with Crippen molar-refractivity contribution in [2.75, 3.05) is 6.26 Å². The fourth-order valence-corrected chi connectivity index (χ4v) is 2.18. The first-order valence-electron chi connectivity index (χ1n) is 2.73. The summed E-state index contributed by atoms with van der Waals surface area (Å²) in [5.41, 5.74) is 0. The molecular formula is C7H6ClIS. The molecule has 10 heavy (non-hydrogen) atoms. The summed E-state index contributed by atoms with van der Waals surface area (Å²) in [4.78, 5) is 1.15. The Morgan fingerprint density at radius 2 is 2.20 bits per heavy atom. The predicted molar refractivity (Wildman–Crippen MR) is 56.0 cm³/mol. The quantitative estimate of drug-likeness (QED) is 0.560. The van der Waals surface area contributed by atoms with Gasteiger partial charge in [0.15, 0.2) is 0 Å². The molecule has 0 aliphatic rings. The topological polar surface area (TPSA) is 0 Å². The average Bonchev–Trinajstić information content (AvgIpc) is 1.95. The first-order chi connectivity index (χ1) is 4.75. The molecule has 0 amide bonds. The lowest BCUT2D eigenvalue weighted by molar-refractivity contribution is 1.44. The lowest BCUT2D eigenvalue weighted by Gasteiger charge is -2.00. The Morgan fingerprint density at radius 3 is 2.70 bits per heavy atom. The lowest BCUT2D eigenvalue weighted by Crippen LogP contribution is -1.76. The molecule has 0 heterocycles. The zero-order chi connectivity index (χ0) is 7.56. The van der Waals surface area contributed by atoms with E-state index in [1.54, 1.807) is 11.8 Å². The minimum absolute atomic E-state index is 0.871. The van der Waals surface area contributed by atoms with Gasteiger partial charge in [-0.2, -0.15) is 0 Å². The van der Waals surface area contributed by atoms with Crippen LogP contribution in [0.2, 0.25) is 5.02 Å². The SMILES string of the molecule is CSc1cccc(I)c1Cl. The number of hydrogen-bond acceptors (Lipinski definition) is 1. The van der Waals surface area contributed by atoms with Crippen molar-refractivity contribution >= 4 is 46.0 Å². The van der Waals surface area contributed by atoms with Crippen molar-refractivity contribution in [3.8, 4) is 0 Å². The summed E-state index contributed by atoms with van der Waals surface area (Å²) >= 11 is 9.87. The van der Waals surface area contributed by atoms with Crippen molar-refractivity contribution < 1.29 is 0 Å². The molecule has 0 aliphatic heterocycles. The van der Waals surface area contributed by atoms with E-state index >= 15 is 0 Å². The second kappa shape index (κ2) is 3.83. The maximum Gasteiger partial charge on any atom is 0.0675 e. The van der Waals surface area contributed by atoms with Gasteiger partial charge in [0.2, 0.25) is 0 Å². The van der Waals surface area contributed by atoms with Crippen molar-refractivity contribution in [1.82, 2.24) is 0 Å². The van der Waals surface area contributed by atoms with Crippen molar-refractivity contribution in [3.63, 3.8) is 0 Å². The van der Waals surface area contributed by atoms with Gasteiger partial charge in [-0.1, -0.05) is 17.7 Å². The molecule has 0 radical (unpaired) electrons. The molecule has 0 saturated heterocycles. The molecule has 0 N–H and O–H groups in total. The van der Waals surface area contributed by atoms with E-state index in [0.717, 1.165) is 13.5 Å². The van der Waals surface area contributed by atoms with Crippen LogP contribution in [0.5, 0.6) is 0 Å². The largest absolute Gasteiger partial charge is 0.128 e. The molecule has 0 spiro atoms. The third-order valence-electron chi connectivity index (χ3n) is 1.14. The smallest absolute Gasteiger partial charge is 0.0675 e. The second-order valence-corrected chi connectivity index (χ2v) is 4.14. The van der Waals surface area contributed by atoms with Gasteiger partial charge >= 0.3 is 0 Å². The van der Waals surface area contributed by atoms with E-state index in [2.05, 4.69) is 22.6 Å². The Kier molecular flexibility index (Phi) is 3.33. The summed E-state index contributed by atoms with van der Waals surface area (Å²) in [5.74, 6) is 0. The molecule has 54 valence electrons. The summed E-state index contributed by atoms with van der Waals surface area (Å²) in [6.45, 7) is 0. The van der Waals surface area contributed by atoms with E-state index in [1.165, 1.54) is 0 Å². The Morgan fingerprint density at radius 1 is 1.50 bits per heavy atom. The Hall–Kier alpha value is 0.590. The summed E-state index contributed by atoms with van der Waals surface area (Å²) < 4.78 is 1.12. The molecule has 0 aliphatic carbocycles. The zero-order valence-corrected chi connectivity index (χ0v) is 9.13. The molecule has 0 saturated carbocycles. The number of benzene rings is 1. The Bertz CT molecular complexity index is 237. The second-order valence-electron chi connectivity index (χ2n) is 1.76. The molecule has 0 nitrogen and oxygen atoms in total. The number of halogens is 2. The van der Waals surface area contributed by atoms with Gasteiger partial charge in [-0.3, -0.25) is 0 Å². The Labute approximate surface area is 83.5 Å². The molecule has 3 heteroatoms. The van der Waals surface area contributed by atoms with Crippen LogP contribution in [0.4, 0.5) is 0 Å². The van der Waals surface area contributed by atoms with Crippen LogP contribution in [-0.4, -0.2) is 6.26 Å². The molecule has 1 aromatic carbocycles. The van der Waals surface area contributed by atoms with Gasteiger partial charge in [0.05, 0.1) is 5.02 Å².